The lowest BCUT2D eigenvalue weighted by Gasteiger charge is -2.29. The molecule has 32 heavy (non-hydrogen) atoms. The van der Waals surface area contributed by atoms with E-state index in [1.54, 1.807) is 23.0 Å². The fourth-order valence-electron chi connectivity index (χ4n) is 3.96. The van der Waals surface area contributed by atoms with Gasteiger partial charge in [-0.3, -0.25) is 9.59 Å². The minimum Gasteiger partial charge on any atom is -0.497 e. The van der Waals surface area contributed by atoms with Crippen molar-refractivity contribution < 1.29 is 28.3 Å². The molecule has 3 heterocycles. The number of hydrogen-bond acceptors (Lipinski definition) is 7. The smallest absolute Gasteiger partial charge is 0.276 e. The van der Waals surface area contributed by atoms with Gasteiger partial charge in [-0.1, -0.05) is 17.3 Å². The van der Waals surface area contributed by atoms with E-state index in [4.69, 9.17) is 18.7 Å². The van der Waals surface area contributed by atoms with E-state index in [1.165, 1.54) is 0 Å². The van der Waals surface area contributed by atoms with Crippen molar-refractivity contribution in [2.75, 3.05) is 53.1 Å². The molecule has 2 aliphatic heterocycles. The standard InChI is InChI=1S/C23H29N3O6/c1-29-18-5-2-4-17(14-18)21-15-20(24-32-21)23(28)26(16-19-6-3-11-31-19)8-7-22(27)25-9-12-30-13-10-25/h2,4-5,14-15,19H,3,6-13,16H2,1H3/t19-/m1/s1. The second-order valence-electron chi connectivity index (χ2n) is 7.94. The lowest BCUT2D eigenvalue weighted by molar-refractivity contribution is -0.135. The molecule has 172 valence electrons. The van der Waals surface area contributed by atoms with E-state index in [0.717, 1.165) is 18.4 Å². The molecule has 0 bridgehead atoms. The van der Waals surface area contributed by atoms with Crippen molar-refractivity contribution in [3.63, 3.8) is 0 Å². The Morgan fingerprint density at radius 1 is 1.22 bits per heavy atom. The summed E-state index contributed by atoms with van der Waals surface area (Å²) in [7, 11) is 1.59. The molecule has 0 aliphatic carbocycles. The molecule has 1 aromatic heterocycles. The molecule has 2 amide bonds. The fourth-order valence-corrected chi connectivity index (χ4v) is 3.96. The summed E-state index contributed by atoms with van der Waals surface area (Å²) in [5.41, 5.74) is 0.976. The molecule has 2 aromatic rings. The SMILES string of the molecule is COc1cccc(-c2cc(C(=O)N(CCC(=O)N3CCOCC3)C[C@H]3CCCO3)no2)c1. The van der Waals surface area contributed by atoms with Crippen molar-refractivity contribution in [2.24, 2.45) is 0 Å². The van der Waals surface area contributed by atoms with Crippen LogP contribution in [0.25, 0.3) is 11.3 Å². The van der Waals surface area contributed by atoms with Gasteiger partial charge in [-0.05, 0) is 25.0 Å². The molecule has 0 radical (unpaired) electrons. The molecule has 1 aromatic carbocycles. The molecule has 0 saturated carbocycles. The number of methoxy groups -OCH3 is 1. The van der Waals surface area contributed by atoms with E-state index in [1.807, 2.05) is 24.3 Å². The third kappa shape index (κ3) is 5.46. The lowest BCUT2D eigenvalue weighted by atomic mass is 10.1. The Bertz CT molecular complexity index is 918. The quantitative estimate of drug-likeness (QED) is 0.617. The van der Waals surface area contributed by atoms with E-state index in [0.29, 0.717) is 57.5 Å². The minimum absolute atomic E-state index is 0.0238. The van der Waals surface area contributed by atoms with Gasteiger partial charge in [0.1, 0.15) is 5.75 Å². The van der Waals surface area contributed by atoms with Crippen molar-refractivity contribution in [2.45, 2.75) is 25.4 Å². The second-order valence-corrected chi connectivity index (χ2v) is 7.94. The molecule has 9 nitrogen and oxygen atoms in total. The number of carbonyl (C=O) groups is 2. The predicted octanol–water partition coefficient (Wildman–Crippen LogP) is 2.22. The summed E-state index contributed by atoms with van der Waals surface area (Å²) in [5.74, 6) is 0.922. The van der Waals surface area contributed by atoms with Gasteiger partial charge in [-0.25, -0.2) is 0 Å². The number of hydrogen-bond donors (Lipinski definition) is 0. The van der Waals surface area contributed by atoms with Crippen LogP contribution >= 0.6 is 0 Å². The highest BCUT2D eigenvalue weighted by molar-refractivity contribution is 5.93. The van der Waals surface area contributed by atoms with Gasteiger partial charge in [0.2, 0.25) is 5.91 Å². The van der Waals surface area contributed by atoms with Gasteiger partial charge in [-0.2, -0.15) is 0 Å². The Balaban J connectivity index is 1.45. The van der Waals surface area contributed by atoms with Crippen LogP contribution in [0, 0.1) is 0 Å². The first-order valence-electron chi connectivity index (χ1n) is 11.0. The van der Waals surface area contributed by atoms with E-state index < -0.39 is 0 Å². The van der Waals surface area contributed by atoms with Gasteiger partial charge in [-0.15, -0.1) is 0 Å². The second kappa shape index (κ2) is 10.6. The van der Waals surface area contributed by atoms with E-state index >= 15 is 0 Å². The predicted molar refractivity (Wildman–Crippen MR) is 115 cm³/mol. The van der Waals surface area contributed by atoms with Crippen molar-refractivity contribution in [3.8, 4) is 17.1 Å². The van der Waals surface area contributed by atoms with Gasteiger partial charge in [0.25, 0.3) is 5.91 Å². The summed E-state index contributed by atoms with van der Waals surface area (Å²) in [4.78, 5) is 29.3. The van der Waals surface area contributed by atoms with Crippen molar-refractivity contribution >= 4 is 11.8 Å². The normalized spacial score (nSPS) is 18.5. The van der Waals surface area contributed by atoms with Crippen molar-refractivity contribution in [1.82, 2.24) is 15.0 Å². The minimum atomic E-state index is -0.270. The average Bonchev–Trinajstić information content (AvgIpc) is 3.54. The highest BCUT2D eigenvalue weighted by Crippen LogP contribution is 2.25. The van der Waals surface area contributed by atoms with Gasteiger partial charge in [0, 0.05) is 50.8 Å². The maximum Gasteiger partial charge on any atom is 0.276 e. The Hall–Kier alpha value is -2.91. The molecule has 2 aliphatic rings. The first-order chi connectivity index (χ1) is 15.6. The number of morpholine rings is 1. The zero-order valence-corrected chi connectivity index (χ0v) is 18.3. The van der Waals surface area contributed by atoms with Crippen molar-refractivity contribution in [3.05, 3.63) is 36.0 Å². The molecule has 0 unspecified atom stereocenters. The third-order valence-corrected chi connectivity index (χ3v) is 5.78. The van der Waals surface area contributed by atoms with Gasteiger partial charge in [0.15, 0.2) is 11.5 Å². The van der Waals surface area contributed by atoms with E-state index in [9.17, 15) is 9.59 Å². The molecular formula is C23H29N3O6. The Morgan fingerprint density at radius 2 is 2.06 bits per heavy atom. The highest BCUT2D eigenvalue weighted by atomic mass is 16.5. The van der Waals surface area contributed by atoms with Gasteiger partial charge in [0.05, 0.1) is 26.4 Å². The molecule has 0 spiro atoms. The van der Waals surface area contributed by atoms with Gasteiger partial charge < -0.3 is 28.5 Å². The summed E-state index contributed by atoms with van der Waals surface area (Å²) in [5, 5.41) is 4.00. The molecule has 1 atom stereocenters. The van der Waals surface area contributed by atoms with Crippen LogP contribution in [-0.2, 0) is 14.3 Å². The number of nitrogens with zero attached hydrogens (tertiary/aromatic N) is 3. The molecule has 4 rings (SSSR count). The first-order valence-corrected chi connectivity index (χ1v) is 11.0. The van der Waals surface area contributed by atoms with Crippen LogP contribution in [-0.4, -0.2) is 86.0 Å². The molecule has 2 saturated heterocycles. The number of aromatic nitrogens is 1. The third-order valence-electron chi connectivity index (χ3n) is 5.78. The summed E-state index contributed by atoms with van der Waals surface area (Å²) in [6.45, 7) is 3.71. The van der Waals surface area contributed by atoms with Crippen LogP contribution in [0.2, 0.25) is 0 Å². The van der Waals surface area contributed by atoms with Crippen LogP contribution < -0.4 is 4.74 Å². The van der Waals surface area contributed by atoms with E-state index in [-0.39, 0.29) is 30.0 Å². The average molecular weight is 444 g/mol. The summed E-state index contributed by atoms with van der Waals surface area (Å²) in [6.07, 6.45) is 2.10. The first kappa shape index (κ1) is 22.3. The molecular weight excluding hydrogens is 414 g/mol. The summed E-state index contributed by atoms with van der Waals surface area (Å²) < 4.78 is 21.7. The topological polar surface area (TPSA) is 94.3 Å². The van der Waals surface area contributed by atoms with Crippen LogP contribution in [0.4, 0.5) is 0 Å². The summed E-state index contributed by atoms with van der Waals surface area (Å²) in [6, 6.07) is 8.99. The number of ether oxygens (including phenoxy) is 3. The molecule has 2 fully saturated rings. The fraction of sp³-hybridized carbons (Fsp3) is 0.522. The number of carbonyl (C=O) groups excluding carboxylic acids is 2. The van der Waals surface area contributed by atoms with Crippen LogP contribution in [0.15, 0.2) is 34.9 Å². The Kier molecular flexibility index (Phi) is 7.39. The maximum absolute atomic E-state index is 13.3. The molecule has 0 N–H and O–H groups in total. The molecule has 9 heteroatoms. The van der Waals surface area contributed by atoms with E-state index in [2.05, 4.69) is 5.16 Å². The zero-order chi connectivity index (χ0) is 22.3. The maximum atomic E-state index is 13.3. The number of benzene rings is 1. The zero-order valence-electron chi connectivity index (χ0n) is 18.3. The van der Waals surface area contributed by atoms with Crippen molar-refractivity contribution in [1.29, 1.82) is 0 Å². The Labute approximate surface area is 187 Å². The summed E-state index contributed by atoms with van der Waals surface area (Å²) >= 11 is 0. The monoisotopic (exact) mass is 443 g/mol. The van der Waals surface area contributed by atoms with Gasteiger partial charge >= 0.3 is 0 Å². The van der Waals surface area contributed by atoms with Crippen LogP contribution in [0.3, 0.4) is 0 Å². The Morgan fingerprint density at radius 3 is 2.81 bits per heavy atom. The number of amides is 2. The highest BCUT2D eigenvalue weighted by Gasteiger charge is 2.27. The number of rotatable bonds is 8. The van der Waals surface area contributed by atoms with Crippen LogP contribution in [0.1, 0.15) is 29.8 Å². The largest absolute Gasteiger partial charge is 0.497 e. The lowest BCUT2D eigenvalue weighted by Crippen LogP contribution is -2.44. The van der Waals surface area contributed by atoms with Crippen LogP contribution in [0.5, 0.6) is 5.75 Å².